The summed E-state index contributed by atoms with van der Waals surface area (Å²) in [6.07, 6.45) is 5.20. The number of hydrogen-bond donors (Lipinski definition) is 1. The van der Waals surface area contributed by atoms with Gasteiger partial charge in [-0.05, 0) is 60.7 Å². The monoisotopic (exact) mass is 416 g/mol. The first-order valence-corrected chi connectivity index (χ1v) is 11.8. The van der Waals surface area contributed by atoms with E-state index in [2.05, 4.69) is 27.7 Å². The highest BCUT2D eigenvalue weighted by Gasteiger charge is 2.70. The van der Waals surface area contributed by atoms with Crippen molar-refractivity contribution in [3.63, 3.8) is 0 Å². The van der Waals surface area contributed by atoms with Crippen LogP contribution in [0, 0.1) is 45.8 Å². The summed E-state index contributed by atoms with van der Waals surface area (Å²) in [5.74, 6) is 0.393. The number of aliphatic carboxylic acids is 1. The second kappa shape index (κ2) is 7.00. The number of carbonyl (C=O) groups excluding carboxylic acids is 3. The molecule has 4 saturated carbocycles. The highest BCUT2D eigenvalue weighted by molar-refractivity contribution is 5.95. The van der Waals surface area contributed by atoms with Gasteiger partial charge in [-0.3, -0.25) is 19.2 Å². The van der Waals surface area contributed by atoms with Gasteiger partial charge in [0, 0.05) is 42.9 Å². The van der Waals surface area contributed by atoms with Crippen LogP contribution in [0.1, 0.15) is 85.5 Å². The van der Waals surface area contributed by atoms with Gasteiger partial charge in [-0.15, -0.1) is 0 Å². The Bertz CT molecular complexity index is 801. The van der Waals surface area contributed by atoms with E-state index < -0.39 is 16.8 Å². The Morgan fingerprint density at radius 2 is 1.67 bits per heavy atom. The van der Waals surface area contributed by atoms with Crippen molar-refractivity contribution in [3.05, 3.63) is 0 Å². The van der Waals surface area contributed by atoms with Crippen molar-refractivity contribution in [1.82, 2.24) is 0 Å². The summed E-state index contributed by atoms with van der Waals surface area (Å²) in [7, 11) is 0. The zero-order chi connectivity index (χ0) is 22.1. The average molecular weight is 417 g/mol. The van der Waals surface area contributed by atoms with Crippen LogP contribution in [0.4, 0.5) is 0 Å². The molecule has 0 aliphatic heterocycles. The second-order valence-electron chi connectivity index (χ2n) is 11.5. The third-order valence-electron chi connectivity index (χ3n) is 10.4. The van der Waals surface area contributed by atoms with E-state index in [9.17, 15) is 19.2 Å². The molecule has 0 amide bonds. The molecule has 5 nitrogen and oxygen atoms in total. The van der Waals surface area contributed by atoms with Gasteiger partial charge in [0.1, 0.15) is 17.3 Å². The van der Waals surface area contributed by atoms with Crippen molar-refractivity contribution >= 4 is 23.3 Å². The van der Waals surface area contributed by atoms with Crippen LogP contribution in [0.25, 0.3) is 0 Å². The zero-order valence-electron chi connectivity index (χ0n) is 18.8. The van der Waals surface area contributed by atoms with Gasteiger partial charge >= 0.3 is 5.97 Å². The molecule has 0 aromatic rings. The first-order valence-electron chi connectivity index (χ1n) is 11.8. The molecule has 166 valence electrons. The molecule has 4 rings (SSSR count). The first kappa shape index (κ1) is 21.7. The van der Waals surface area contributed by atoms with Crippen LogP contribution in [0.3, 0.4) is 0 Å². The third kappa shape index (κ3) is 2.79. The highest BCUT2D eigenvalue weighted by Crippen LogP contribution is 2.70. The Morgan fingerprint density at radius 3 is 2.33 bits per heavy atom. The minimum atomic E-state index is -0.795. The largest absolute Gasteiger partial charge is 0.481 e. The fourth-order valence-electron chi connectivity index (χ4n) is 8.55. The number of carbonyl (C=O) groups is 4. The smallest absolute Gasteiger partial charge is 0.303 e. The van der Waals surface area contributed by atoms with Gasteiger partial charge in [0.25, 0.3) is 0 Å². The highest BCUT2D eigenvalue weighted by atomic mass is 16.4. The standard InChI is InChI=1S/C25H36O5/c1-14(5-8-22(29)30)17-6-7-18-24(17,3)21(28)13-19-23(2)10-9-16(26)11-15(23)12-20(27)25(18,19)4/h14-15,17-19H,5-13H2,1-4H3,(H,29,30)/t14-,15?,17-,18-,19-,23+,24-,25+/m1/s1. The van der Waals surface area contributed by atoms with Crippen LogP contribution < -0.4 is 0 Å². The van der Waals surface area contributed by atoms with Crippen molar-refractivity contribution in [2.75, 3.05) is 0 Å². The number of Topliss-reactive ketones (excluding diaryl/α,β-unsaturated/α-hetero) is 3. The second-order valence-corrected chi connectivity index (χ2v) is 11.5. The maximum absolute atomic E-state index is 13.7. The quantitative estimate of drug-likeness (QED) is 0.731. The predicted molar refractivity (Wildman–Crippen MR) is 112 cm³/mol. The number of ketones is 3. The van der Waals surface area contributed by atoms with Crippen LogP contribution in [0.2, 0.25) is 0 Å². The Balaban J connectivity index is 1.69. The maximum atomic E-state index is 13.7. The molecule has 0 spiro atoms. The summed E-state index contributed by atoms with van der Waals surface area (Å²) in [4.78, 5) is 50.6. The molecule has 0 aromatic heterocycles. The van der Waals surface area contributed by atoms with Crippen molar-refractivity contribution < 1.29 is 24.3 Å². The third-order valence-corrected chi connectivity index (χ3v) is 10.4. The van der Waals surface area contributed by atoms with Crippen molar-refractivity contribution in [3.8, 4) is 0 Å². The number of carboxylic acid groups (broad SMARTS) is 1. The van der Waals surface area contributed by atoms with Gasteiger partial charge in [-0.2, -0.15) is 0 Å². The molecule has 1 N–H and O–H groups in total. The van der Waals surface area contributed by atoms with Gasteiger partial charge < -0.3 is 5.11 Å². The first-order chi connectivity index (χ1) is 14.0. The predicted octanol–water partition coefficient (Wildman–Crippen LogP) is 4.46. The Hall–Kier alpha value is -1.52. The molecular formula is C25H36O5. The van der Waals surface area contributed by atoms with Crippen molar-refractivity contribution in [2.45, 2.75) is 85.5 Å². The lowest BCUT2D eigenvalue weighted by molar-refractivity contribution is -0.185. The lowest BCUT2D eigenvalue weighted by atomic mass is 9.38. The van der Waals surface area contributed by atoms with Gasteiger partial charge in [0.05, 0.1) is 0 Å². The minimum absolute atomic E-state index is 0.0167. The van der Waals surface area contributed by atoms with E-state index in [-0.39, 0.29) is 58.8 Å². The van der Waals surface area contributed by atoms with Crippen LogP contribution >= 0.6 is 0 Å². The van der Waals surface area contributed by atoms with Gasteiger partial charge in [0.15, 0.2) is 0 Å². The molecule has 5 heteroatoms. The normalized spacial score (nSPS) is 46.7. The lowest BCUT2D eigenvalue weighted by Gasteiger charge is -2.63. The summed E-state index contributed by atoms with van der Waals surface area (Å²) in [6.45, 7) is 8.51. The molecule has 4 aliphatic carbocycles. The van der Waals surface area contributed by atoms with Crippen LogP contribution in [0.15, 0.2) is 0 Å². The average Bonchev–Trinajstić information content (AvgIpc) is 3.04. The van der Waals surface area contributed by atoms with E-state index in [4.69, 9.17) is 5.11 Å². The van der Waals surface area contributed by atoms with E-state index in [1.807, 2.05) is 0 Å². The molecule has 4 aliphatic rings. The SMILES string of the molecule is C[C@H](CCC(=O)O)[C@H]1CC[C@@H]2[C@]1(C)C(=O)C[C@H]1[C@@]2(C)C(=O)CC2CC(=O)CC[C@@]21C. The fraction of sp³-hybridized carbons (Fsp3) is 0.840. The molecule has 0 radical (unpaired) electrons. The molecule has 0 saturated heterocycles. The van der Waals surface area contributed by atoms with E-state index in [0.29, 0.717) is 32.1 Å². The van der Waals surface area contributed by atoms with Crippen LogP contribution in [-0.2, 0) is 19.2 Å². The summed E-state index contributed by atoms with van der Waals surface area (Å²) < 4.78 is 0. The zero-order valence-corrected chi connectivity index (χ0v) is 18.8. The molecule has 0 heterocycles. The van der Waals surface area contributed by atoms with Gasteiger partial charge in [0.2, 0.25) is 0 Å². The number of fused-ring (bicyclic) bond motifs is 5. The fourth-order valence-corrected chi connectivity index (χ4v) is 8.55. The summed E-state index contributed by atoms with van der Waals surface area (Å²) in [5.41, 5.74) is -1.19. The summed E-state index contributed by atoms with van der Waals surface area (Å²) in [6, 6.07) is 0. The van der Waals surface area contributed by atoms with Crippen LogP contribution in [0.5, 0.6) is 0 Å². The van der Waals surface area contributed by atoms with Crippen molar-refractivity contribution in [2.24, 2.45) is 45.8 Å². The number of rotatable bonds is 4. The molecule has 30 heavy (non-hydrogen) atoms. The Morgan fingerprint density at radius 1 is 1.00 bits per heavy atom. The molecule has 0 bridgehead atoms. The summed E-state index contributed by atoms with van der Waals surface area (Å²) >= 11 is 0. The molecule has 4 fully saturated rings. The van der Waals surface area contributed by atoms with Gasteiger partial charge in [-0.25, -0.2) is 0 Å². The van der Waals surface area contributed by atoms with E-state index in [0.717, 1.165) is 19.3 Å². The van der Waals surface area contributed by atoms with E-state index in [1.54, 1.807) is 0 Å². The summed E-state index contributed by atoms with van der Waals surface area (Å²) in [5, 5.41) is 9.11. The van der Waals surface area contributed by atoms with Crippen molar-refractivity contribution in [1.29, 1.82) is 0 Å². The molecule has 8 atom stereocenters. The van der Waals surface area contributed by atoms with Gasteiger partial charge in [-0.1, -0.05) is 27.7 Å². The lowest BCUT2D eigenvalue weighted by Crippen LogP contribution is -2.65. The number of carboxylic acids is 1. The molecule has 1 unspecified atom stereocenters. The minimum Gasteiger partial charge on any atom is -0.481 e. The van der Waals surface area contributed by atoms with Crippen LogP contribution in [-0.4, -0.2) is 28.4 Å². The Labute approximate surface area is 179 Å². The maximum Gasteiger partial charge on any atom is 0.303 e. The number of hydrogen-bond acceptors (Lipinski definition) is 4. The van der Waals surface area contributed by atoms with E-state index in [1.165, 1.54) is 0 Å². The molecule has 0 aromatic carbocycles. The Kier molecular flexibility index (Phi) is 5.06. The van der Waals surface area contributed by atoms with E-state index >= 15 is 0 Å². The molecular weight excluding hydrogens is 380 g/mol. The topological polar surface area (TPSA) is 88.5 Å².